The molecule has 0 aromatic heterocycles. The second kappa shape index (κ2) is 7.97. The summed E-state index contributed by atoms with van der Waals surface area (Å²) in [6.07, 6.45) is 4.66. The molecule has 3 aliphatic rings. The molecule has 0 aliphatic heterocycles. The van der Waals surface area contributed by atoms with Crippen LogP contribution in [0.25, 0.3) is 0 Å². The first-order valence-corrected chi connectivity index (χ1v) is 12.7. The summed E-state index contributed by atoms with van der Waals surface area (Å²) in [5, 5.41) is 44.1. The molecule has 7 atom stereocenters. The van der Waals surface area contributed by atoms with Gasteiger partial charge in [-0.2, -0.15) is 0 Å². The molecular weight excluding hydrogens is 432 g/mol. The number of carbonyl (C=O) groups excluding carboxylic acids is 2. The number of hydrogen-bond acceptors (Lipinski definition) is 6. The minimum Gasteiger partial charge on any atom is -0.507 e. The number of fused-ring (bicyclic) bond motifs is 3. The first-order valence-electron chi connectivity index (χ1n) is 12.7. The molecule has 0 heterocycles. The van der Waals surface area contributed by atoms with Crippen LogP contribution in [-0.4, -0.2) is 38.6 Å². The normalized spacial score (nSPS) is 36.9. The van der Waals surface area contributed by atoms with Gasteiger partial charge in [0.05, 0.1) is 16.7 Å². The summed E-state index contributed by atoms with van der Waals surface area (Å²) in [6.45, 7) is 13.0. The lowest BCUT2D eigenvalue weighted by Crippen LogP contribution is -2.56. The van der Waals surface area contributed by atoms with Gasteiger partial charge in [-0.25, -0.2) is 0 Å². The third-order valence-corrected chi connectivity index (χ3v) is 10.0. The van der Waals surface area contributed by atoms with Crippen molar-refractivity contribution in [2.24, 2.45) is 40.4 Å². The van der Waals surface area contributed by atoms with Crippen LogP contribution in [0.1, 0.15) is 106 Å². The molecule has 34 heavy (non-hydrogen) atoms. The molecule has 0 unspecified atom stereocenters. The predicted molar refractivity (Wildman–Crippen MR) is 129 cm³/mol. The van der Waals surface area contributed by atoms with Crippen LogP contribution in [0.2, 0.25) is 0 Å². The molecular formula is C28H40O6. The lowest BCUT2D eigenvalue weighted by atomic mass is 9.47. The van der Waals surface area contributed by atoms with E-state index >= 15 is 0 Å². The lowest BCUT2D eigenvalue weighted by Gasteiger charge is -2.59. The standard InChI is InChI=1S/C28H40O6/c1-14(2)11-15(20-23(32)16(12-29)22(31)17(13-30)24(20)33)18-8-10-28(6,34)25-21-19(26(21,3)4)7-9-27(18,25)5/h12-15,18-19,21,25,31-34H,7-11H2,1-6H3/t15-,18+,19+,21+,25-,27+,28-/m0/s1. The summed E-state index contributed by atoms with van der Waals surface area (Å²) < 4.78 is 0. The highest BCUT2D eigenvalue weighted by Gasteiger charge is 2.72. The Morgan fingerprint density at radius 2 is 1.47 bits per heavy atom. The average molecular weight is 473 g/mol. The van der Waals surface area contributed by atoms with Crippen molar-refractivity contribution < 1.29 is 30.0 Å². The van der Waals surface area contributed by atoms with Crippen molar-refractivity contribution in [3.8, 4) is 17.2 Å². The molecule has 4 rings (SSSR count). The first-order chi connectivity index (χ1) is 15.7. The van der Waals surface area contributed by atoms with E-state index in [9.17, 15) is 30.0 Å². The van der Waals surface area contributed by atoms with Gasteiger partial charge in [-0.3, -0.25) is 9.59 Å². The summed E-state index contributed by atoms with van der Waals surface area (Å²) >= 11 is 0. The van der Waals surface area contributed by atoms with Crippen molar-refractivity contribution in [1.82, 2.24) is 0 Å². The van der Waals surface area contributed by atoms with Crippen LogP contribution in [0.3, 0.4) is 0 Å². The number of aromatic hydroxyl groups is 3. The van der Waals surface area contributed by atoms with Crippen molar-refractivity contribution in [2.75, 3.05) is 0 Å². The zero-order chi connectivity index (χ0) is 25.4. The molecule has 188 valence electrons. The van der Waals surface area contributed by atoms with E-state index in [0.29, 0.717) is 43.7 Å². The summed E-state index contributed by atoms with van der Waals surface area (Å²) in [7, 11) is 0. The topological polar surface area (TPSA) is 115 Å². The molecule has 6 nitrogen and oxygen atoms in total. The van der Waals surface area contributed by atoms with Gasteiger partial charge in [-0.05, 0) is 85.4 Å². The molecule has 0 saturated heterocycles. The summed E-state index contributed by atoms with van der Waals surface area (Å²) in [5.41, 5.74) is -1.40. The number of phenols is 3. The van der Waals surface area contributed by atoms with Crippen molar-refractivity contribution in [3.05, 3.63) is 16.7 Å². The molecule has 3 fully saturated rings. The fourth-order valence-electron chi connectivity index (χ4n) is 8.48. The Labute approximate surface area is 202 Å². The van der Waals surface area contributed by atoms with Gasteiger partial charge in [-0.1, -0.05) is 34.6 Å². The van der Waals surface area contributed by atoms with Crippen molar-refractivity contribution in [2.45, 2.75) is 85.2 Å². The largest absolute Gasteiger partial charge is 0.507 e. The summed E-state index contributed by atoms with van der Waals surface area (Å²) in [6, 6.07) is 0. The highest BCUT2D eigenvalue weighted by atomic mass is 16.3. The molecule has 1 aromatic rings. The first kappa shape index (κ1) is 25.0. The maximum Gasteiger partial charge on any atom is 0.157 e. The minimum absolute atomic E-state index is 0.0258. The highest BCUT2D eigenvalue weighted by molar-refractivity contribution is 5.95. The van der Waals surface area contributed by atoms with Gasteiger partial charge >= 0.3 is 0 Å². The monoisotopic (exact) mass is 472 g/mol. The zero-order valence-electron chi connectivity index (χ0n) is 21.3. The predicted octanol–water partition coefficient (Wildman–Crippen LogP) is 5.41. The van der Waals surface area contributed by atoms with Crippen LogP contribution in [0, 0.1) is 40.4 Å². The van der Waals surface area contributed by atoms with Gasteiger partial charge in [0, 0.05) is 5.56 Å². The van der Waals surface area contributed by atoms with Gasteiger partial charge in [0.15, 0.2) is 12.6 Å². The van der Waals surface area contributed by atoms with Crippen LogP contribution in [0.5, 0.6) is 17.2 Å². The number of aldehydes is 2. The number of hydrogen-bond donors (Lipinski definition) is 4. The second-order valence-electron chi connectivity index (χ2n) is 12.7. The Morgan fingerprint density at radius 3 is 1.97 bits per heavy atom. The summed E-state index contributed by atoms with van der Waals surface area (Å²) in [5.74, 6) is -0.575. The number of rotatable bonds is 6. The summed E-state index contributed by atoms with van der Waals surface area (Å²) in [4.78, 5) is 23.5. The SMILES string of the molecule is CC(C)C[C@H](c1c(O)c(C=O)c(O)c(C=O)c1O)[C@H]1CC[C@](C)(O)[C@H]2[C@H]3[C@@H](CC[C@]12C)C3(C)C. The van der Waals surface area contributed by atoms with E-state index in [1.807, 2.05) is 6.92 Å². The van der Waals surface area contributed by atoms with Crippen LogP contribution in [0.4, 0.5) is 0 Å². The van der Waals surface area contributed by atoms with E-state index in [1.165, 1.54) is 0 Å². The van der Waals surface area contributed by atoms with Crippen molar-refractivity contribution >= 4 is 12.6 Å². The maximum atomic E-state index is 11.7. The molecule has 0 spiro atoms. The molecule has 3 aliphatic carbocycles. The lowest BCUT2D eigenvalue weighted by molar-refractivity contribution is -0.155. The van der Waals surface area contributed by atoms with E-state index in [4.69, 9.17) is 0 Å². The van der Waals surface area contributed by atoms with Crippen LogP contribution in [-0.2, 0) is 0 Å². The fraction of sp³-hybridized carbons (Fsp3) is 0.714. The van der Waals surface area contributed by atoms with Crippen molar-refractivity contribution in [1.29, 1.82) is 0 Å². The molecule has 0 radical (unpaired) electrons. The third-order valence-electron chi connectivity index (χ3n) is 10.0. The zero-order valence-corrected chi connectivity index (χ0v) is 21.3. The maximum absolute atomic E-state index is 11.7. The van der Waals surface area contributed by atoms with Crippen LogP contribution in [0.15, 0.2) is 0 Å². The number of carbonyl (C=O) groups is 2. The number of benzene rings is 1. The smallest absolute Gasteiger partial charge is 0.157 e. The van der Waals surface area contributed by atoms with Gasteiger partial charge in [0.2, 0.25) is 0 Å². The molecule has 4 N–H and O–H groups in total. The Bertz CT molecular complexity index is 974. The minimum atomic E-state index is -0.800. The third kappa shape index (κ3) is 3.39. The van der Waals surface area contributed by atoms with E-state index in [2.05, 4.69) is 34.6 Å². The average Bonchev–Trinajstić information content (AvgIpc) is 3.27. The Kier molecular flexibility index (Phi) is 5.87. The Hall–Kier alpha value is -2.08. The van der Waals surface area contributed by atoms with Gasteiger partial charge in [0.25, 0.3) is 0 Å². The quantitative estimate of drug-likeness (QED) is 0.412. The van der Waals surface area contributed by atoms with E-state index in [1.54, 1.807) is 0 Å². The Morgan fingerprint density at radius 1 is 0.912 bits per heavy atom. The van der Waals surface area contributed by atoms with Gasteiger partial charge in [-0.15, -0.1) is 0 Å². The molecule has 0 amide bonds. The molecule has 6 heteroatoms. The fourth-order valence-corrected chi connectivity index (χ4v) is 8.48. The van der Waals surface area contributed by atoms with Crippen LogP contribution < -0.4 is 0 Å². The number of aliphatic hydroxyl groups is 1. The van der Waals surface area contributed by atoms with Crippen molar-refractivity contribution in [3.63, 3.8) is 0 Å². The Balaban J connectivity index is 1.90. The van der Waals surface area contributed by atoms with E-state index in [-0.39, 0.29) is 51.2 Å². The molecule has 0 bridgehead atoms. The molecule has 3 saturated carbocycles. The highest BCUT2D eigenvalue weighted by Crippen LogP contribution is 2.76. The molecule has 1 aromatic carbocycles. The van der Waals surface area contributed by atoms with Crippen LogP contribution >= 0.6 is 0 Å². The van der Waals surface area contributed by atoms with Gasteiger partial charge in [0.1, 0.15) is 17.2 Å². The van der Waals surface area contributed by atoms with E-state index in [0.717, 1.165) is 12.8 Å². The number of phenolic OH excluding ortho intramolecular Hbond substituents is 3. The van der Waals surface area contributed by atoms with Gasteiger partial charge < -0.3 is 20.4 Å². The second-order valence-corrected chi connectivity index (χ2v) is 12.7. The van der Waals surface area contributed by atoms with E-state index < -0.39 is 22.8 Å².